The van der Waals surface area contributed by atoms with Crippen LogP contribution in [0.1, 0.15) is 55.7 Å². The number of alkyl halides is 3. The topological polar surface area (TPSA) is 85.7 Å². The number of likely N-dealkylation sites (tertiary alicyclic amines) is 1. The van der Waals surface area contributed by atoms with E-state index in [1.807, 2.05) is 31.5 Å². The first-order valence-electron chi connectivity index (χ1n) is 11.0. The van der Waals surface area contributed by atoms with Crippen LogP contribution in [0.5, 0.6) is 5.88 Å². The predicted molar refractivity (Wildman–Crippen MR) is 117 cm³/mol. The summed E-state index contributed by atoms with van der Waals surface area (Å²) in [5.41, 5.74) is 0.474. The van der Waals surface area contributed by atoms with Gasteiger partial charge in [-0.2, -0.15) is 13.2 Å². The Morgan fingerprint density at radius 1 is 1.18 bits per heavy atom. The van der Waals surface area contributed by atoms with Crippen molar-refractivity contribution in [1.82, 2.24) is 19.8 Å². The van der Waals surface area contributed by atoms with Crippen molar-refractivity contribution in [3.05, 3.63) is 47.9 Å². The molecule has 1 fully saturated rings. The molecule has 34 heavy (non-hydrogen) atoms. The molecule has 2 amide bonds. The van der Waals surface area contributed by atoms with Gasteiger partial charge in [-0.05, 0) is 57.4 Å². The molecule has 11 heteroatoms. The summed E-state index contributed by atoms with van der Waals surface area (Å²) in [4.78, 5) is 30.5. The van der Waals surface area contributed by atoms with Gasteiger partial charge in [0.15, 0.2) is 6.61 Å². The Morgan fingerprint density at radius 3 is 2.53 bits per heavy atom. The number of amides is 2. The van der Waals surface area contributed by atoms with Gasteiger partial charge in [-0.3, -0.25) is 4.79 Å². The van der Waals surface area contributed by atoms with E-state index in [-0.39, 0.29) is 30.5 Å². The maximum atomic E-state index is 12.8. The normalized spacial score (nSPS) is 15.2. The molecule has 0 spiro atoms. The molecule has 3 heterocycles. The standard InChI is InChI=1S/C23H29F3N4O4/c1-22(2,3)34-21(32)29-11-7-17(8-12-29)30-10-4-5-18(30)20(31)28-14-16-6-9-27-19(13-16)33-15-23(24,25)26/h4-6,9-10,13,17H,7-8,11-12,14-15H2,1-3H3,(H,28,31). The van der Waals surface area contributed by atoms with Crippen molar-refractivity contribution >= 4 is 12.0 Å². The number of piperidine rings is 1. The Kier molecular flexibility index (Phi) is 7.73. The average molecular weight is 483 g/mol. The highest BCUT2D eigenvalue weighted by molar-refractivity contribution is 5.92. The Bertz CT molecular complexity index is 993. The van der Waals surface area contributed by atoms with Crippen molar-refractivity contribution < 1.29 is 32.2 Å². The van der Waals surface area contributed by atoms with Gasteiger partial charge in [-0.25, -0.2) is 9.78 Å². The second kappa shape index (κ2) is 10.4. The molecule has 1 aliphatic heterocycles. The third-order valence-electron chi connectivity index (χ3n) is 5.16. The molecule has 0 radical (unpaired) electrons. The summed E-state index contributed by atoms with van der Waals surface area (Å²) >= 11 is 0. The fraction of sp³-hybridized carbons (Fsp3) is 0.522. The molecule has 0 bridgehead atoms. The van der Waals surface area contributed by atoms with Crippen molar-refractivity contribution in [2.75, 3.05) is 19.7 Å². The van der Waals surface area contributed by atoms with E-state index < -0.39 is 18.4 Å². The molecule has 8 nitrogen and oxygen atoms in total. The number of hydrogen-bond acceptors (Lipinski definition) is 5. The van der Waals surface area contributed by atoms with Gasteiger partial charge >= 0.3 is 12.3 Å². The minimum atomic E-state index is -4.46. The molecule has 0 aromatic carbocycles. The number of carbonyl (C=O) groups is 2. The highest BCUT2D eigenvalue weighted by Crippen LogP contribution is 2.26. The fourth-order valence-corrected chi connectivity index (χ4v) is 3.63. The molecule has 186 valence electrons. The average Bonchev–Trinajstić information content (AvgIpc) is 3.25. The zero-order chi connectivity index (χ0) is 24.9. The molecule has 1 saturated heterocycles. The fourth-order valence-electron chi connectivity index (χ4n) is 3.63. The van der Waals surface area contributed by atoms with E-state index in [1.54, 1.807) is 23.1 Å². The summed E-state index contributed by atoms with van der Waals surface area (Å²) in [6.45, 7) is 5.19. The van der Waals surface area contributed by atoms with Gasteiger partial charge in [0.2, 0.25) is 5.88 Å². The quantitative estimate of drug-likeness (QED) is 0.663. The Balaban J connectivity index is 1.55. The summed E-state index contributed by atoms with van der Waals surface area (Å²) in [5.74, 6) is -0.474. The van der Waals surface area contributed by atoms with Crippen LogP contribution >= 0.6 is 0 Å². The van der Waals surface area contributed by atoms with Crippen molar-refractivity contribution in [3.63, 3.8) is 0 Å². The minimum absolute atomic E-state index is 0.0535. The van der Waals surface area contributed by atoms with E-state index in [4.69, 9.17) is 4.74 Å². The van der Waals surface area contributed by atoms with Crippen LogP contribution in [0.25, 0.3) is 0 Å². The van der Waals surface area contributed by atoms with Gasteiger partial charge in [-0.1, -0.05) is 0 Å². The number of nitrogens with zero attached hydrogens (tertiary/aromatic N) is 3. The SMILES string of the molecule is CC(C)(C)OC(=O)N1CCC(n2cccc2C(=O)NCc2ccnc(OCC(F)(F)F)c2)CC1. The molecule has 3 rings (SSSR count). The number of pyridine rings is 1. The molecular formula is C23H29F3N4O4. The van der Waals surface area contributed by atoms with E-state index in [1.165, 1.54) is 12.3 Å². The highest BCUT2D eigenvalue weighted by Gasteiger charge is 2.29. The van der Waals surface area contributed by atoms with Crippen molar-refractivity contribution in [1.29, 1.82) is 0 Å². The summed E-state index contributed by atoms with van der Waals surface area (Å²) in [5, 5.41) is 2.78. The molecule has 0 unspecified atom stereocenters. The number of hydrogen-bond donors (Lipinski definition) is 1. The zero-order valence-electron chi connectivity index (χ0n) is 19.4. The van der Waals surface area contributed by atoms with Crippen molar-refractivity contribution in [2.45, 2.75) is 58.0 Å². The minimum Gasteiger partial charge on any atom is -0.468 e. The van der Waals surface area contributed by atoms with Gasteiger partial charge in [0.1, 0.15) is 11.3 Å². The van der Waals surface area contributed by atoms with Crippen molar-refractivity contribution in [3.8, 4) is 5.88 Å². The molecule has 2 aromatic heterocycles. The molecule has 1 aliphatic rings. The number of aromatic nitrogens is 2. The van der Waals surface area contributed by atoms with Gasteiger partial charge in [0.25, 0.3) is 5.91 Å². The number of ether oxygens (including phenoxy) is 2. The number of carbonyl (C=O) groups excluding carboxylic acids is 2. The monoisotopic (exact) mass is 482 g/mol. The highest BCUT2D eigenvalue weighted by atomic mass is 19.4. The molecule has 1 N–H and O–H groups in total. The molecule has 0 atom stereocenters. The van der Waals surface area contributed by atoms with Crippen LogP contribution in [0.2, 0.25) is 0 Å². The second-order valence-corrected chi connectivity index (χ2v) is 9.09. The van der Waals surface area contributed by atoms with E-state index in [9.17, 15) is 22.8 Å². The first-order valence-corrected chi connectivity index (χ1v) is 11.0. The first-order chi connectivity index (χ1) is 15.9. The molecule has 0 saturated carbocycles. The lowest BCUT2D eigenvalue weighted by atomic mass is 10.0. The summed E-state index contributed by atoms with van der Waals surface area (Å²) < 4.78 is 49.0. The molecule has 0 aliphatic carbocycles. The maximum Gasteiger partial charge on any atom is 0.422 e. The Hall–Kier alpha value is -3.24. The van der Waals surface area contributed by atoms with Crippen LogP contribution in [0.3, 0.4) is 0 Å². The van der Waals surface area contributed by atoms with Crippen molar-refractivity contribution in [2.24, 2.45) is 0 Å². The van der Waals surface area contributed by atoms with Crippen LogP contribution in [-0.4, -0.2) is 57.9 Å². The van der Waals surface area contributed by atoms with Gasteiger partial charge in [0, 0.05) is 44.1 Å². The lowest BCUT2D eigenvalue weighted by Gasteiger charge is -2.34. The number of rotatable bonds is 6. The Morgan fingerprint density at radius 2 is 1.88 bits per heavy atom. The van der Waals surface area contributed by atoms with E-state index in [2.05, 4.69) is 15.0 Å². The van der Waals surface area contributed by atoms with Gasteiger partial charge in [0.05, 0.1) is 0 Å². The van der Waals surface area contributed by atoms with Gasteiger partial charge < -0.3 is 24.3 Å². The summed E-state index contributed by atoms with van der Waals surface area (Å²) in [7, 11) is 0. The second-order valence-electron chi connectivity index (χ2n) is 9.09. The summed E-state index contributed by atoms with van der Waals surface area (Å²) in [6.07, 6.45) is -0.281. The van der Waals surface area contributed by atoms with Crippen LogP contribution < -0.4 is 10.1 Å². The van der Waals surface area contributed by atoms with Crippen LogP contribution in [-0.2, 0) is 11.3 Å². The Labute approximate surface area is 196 Å². The van der Waals surface area contributed by atoms with E-state index in [0.29, 0.717) is 37.2 Å². The molecule has 2 aromatic rings. The lowest BCUT2D eigenvalue weighted by molar-refractivity contribution is -0.154. The third kappa shape index (κ3) is 7.39. The van der Waals surface area contributed by atoms with E-state index >= 15 is 0 Å². The van der Waals surface area contributed by atoms with Crippen LogP contribution in [0.15, 0.2) is 36.7 Å². The van der Waals surface area contributed by atoms with Gasteiger partial charge in [-0.15, -0.1) is 0 Å². The predicted octanol–water partition coefficient (Wildman–Crippen LogP) is 4.33. The summed E-state index contributed by atoms with van der Waals surface area (Å²) in [6, 6.07) is 6.49. The number of nitrogens with one attached hydrogen (secondary N) is 1. The lowest BCUT2D eigenvalue weighted by Crippen LogP contribution is -2.42. The zero-order valence-corrected chi connectivity index (χ0v) is 19.4. The van der Waals surface area contributed by atoms with Crippen LogP contribution in [0, 0.1) is 0 Å². The first kappa shape index (κ1) is 25.4. The number of halogens is 3. The molecular weight excluding hydrogens is 453 g/mol. The third-order valence-corrected chi connectivity index (χ3v) is 5.16. The largest absolute Gasteiger partial charge is 0.468 e. The smallest absolute Gasteiger partial charge is 0.422 e. The van der Waals surface area contributed by atoms with E-state index in [0.717, 1.165) is 0 Å². The maximum absolute atomic E-state index is 12.8. The van der Waals surface area contributed by atoms with Crippen LogP contribution in [0.4, 0.5) is 18.0 Å².